The van der Waals surface area contributed by atoms with Crippen molar-refractivity contribution < 1.29 is 9.59 Å². The molecule has 0 atom stereocenters. The summed E-state index contributed by atoms with van der Waals surface area (Å²) >= 11 is 0. The van der Waals surface area contributed by atoms with Crippen LogP contribution in [0.1, 0.15) is 22.4 Å². The number of hydrogen-bond donors (Lipinski definition) is 1. The van der Waals surface area contributed by atoms with Gasteiger partial charge in [0, 0.05) is 12.4 Å². The number of nitrogens with zero attached hydrogens (tertiary/aromatic N) is 3. The molecule has 148 valence electrons. The van der Waals surface area contributed by atoms with Crippen LogP contribution in [0.25, 0.3) is 5.65 Å². The summed E-state index contributed by atoms with van der Waals surface area (Å²) in [6, 6.07) is 22.2. The molecule has 1 aliphatic heterocycles. The first kappa shape index (κ1) is 18.1. The minimum absolute atomic E-state index is 0.104. The van der Waals surface area contributed by atoms with Crippen molar-refractivity contribution in [2.24, 2.45) is 0 Å². The van der Waals surface area contributed by atoms with Gasteiger partial charge >= 0.3 is 6.03 Å². The highest BCUT2D eigenvalue weighted by Crippen LogP contribution is 2.36. The predicted molar refractivity (Wildman–Crippen MR) is 113 cm³/mol. The maximum absolute atomic E-state index is 13.7. The number of amides is 3. The van der Waals surface area contributed by atoms with E-state index >= 15 is 0 Å². The van der Waals surface area contributed by atoms with Crippen molar-refractivity contribution in [3.8, 4) is 0 Å². The fourth-order valence-corrected chi connectivity index (χ4v) is 4.05. The molecule has 1 fully saturated rings. The number of imide groups is 1. The smallest absolute Gasteiger partial charge is 0.315 e. The zero-order chi connectivity index (χ0) is 20.7. The summed E-state index contributed by atoms with van der Waals surface area (Å²) in [5.41, 5.74) is 2.73. The quantitative estimate of drug-likeness (QED) is 0.536. The van der Waals surface area contributed by atoms with E-state index in [1.165, 1.54) is 4.90 Å². The summed E-state index contributed by atoms with van der Waals surface area (Å²) in [5.74, 6) is -0.307. The second kappa shape index (κ2) is 6.84. The number of rotatable bonds is 4. The molecule has 5 rings (SSSR count). The Balaban J connectivity index is 1.56. The van der Waals surface area contributed by atoms with Crippen LogP contribution in [0.5, 0.6) is 0 Å². The fourth-order valence-electron chi connectivity index (χ4n) is 4.05. The van der Waals surface area contributed by atoms with Crippen LogP contribution in [-0.4, -0.2) is 26.2 Å². The van der Waals surface area contributed by atoms with Gasteiger partial charge in [-0.1, -0.05) is 66.7 Å². The number of carbonyl (C=O) groups is 2. The molecule has 1 N–H and O–H groups in total. The number of imidazole rings is 1. The van der Waals surface area contributed by atoms with Gasteiger partial charge in [0.05, 0.1) is 12.2 Å². The van der Waals surface area contributed by atoms with Crippen LogP contribution in [0.15, 0.2) is 85.2 Å². The number of fused-ring (bicyclic) bond motifs is 1. The predicted octanol–water partition coefficient (Wildman–Crippen LogP) is 3.64. The third-order valence-corrected chi connectivity index (χ3v) is 5.49. The minimum Gasteiger partial charge on any atom is -0.315 e. The Bertz CT molecular complexity index is 1210. The third kappa shape index (κ3) is 2.76. The van der Waals surface area contributed by atoms with E-state index in [4.69, 9.17) is 0 Å². The molecule has 0 aliphatic carbocycles. The van der Waals surface area contributed by atoms with Gasteiger partial charge in [-0.2, -0.15) is 0 Å². The summed E-state index contributed by atoms with van der Waals surface area (Å²) in [4.78, 5) is 32.5. The molecule has 6 nitrogen and oxygen atoms in total. The van der Waals surface area contributed by atoms with Crippen molar-refractivity contribution in [1.82, 2.24) is 19.6 Å². The van der Waals surface area contributed by atoms with Gasteiger partial charge in [0.1, 0.15) is 5.65 Å². The van der Waals surface area contributed by atoms with Crippen LogP contribution in [0.2, 0.25) is 0 Å². The molecule has 0 spiro atoms. The second-order valence-corrected chi connectivity index (χ2v) is 7.51. The van der Waals surface area contributed by atoms with Crippen LogP contribution in [0, 0.1) is 6.92 Å². The maximum Gasteiger partial charge on any atom is 0.325 e. The third-order valence-electron chi connectivity index (χ3n) is 5.49. The average Bonchev–Trinajstić information content (AvgIpc) is 3.28. The topological polar surface area (TPSA) is 66.7 Å². The number of aromatic nitrogens is 2. The van der Waals surface area contributed by atoms with Crippen molar-refractivity contribution in [2.45, 2.75) is 19.0 Å². The van der Waals surface area contributed by atoms with Crippen LogP contribution in [-0.2, 0) is 16.9 Å². The number of aryl methyl sites for hydroxylation is 1. The largest absolute Gasteiger partial charge is 0.325 e. The van der Waals surface area contributed by atoms with E-state index < -0.39 is 11.6 Å². The van der Waals surface area contributed by atoms with Crippen molar-refractivity contribution in [3.05, 3.63) is 108 Å². The molecule has 4 aromatic rings. The normalized spacial score (nSPS) is 15.6. The molecule has 30 heavy (non-hydrogen) atoms. The number of benzene rings is 2. The zero-order valence-electron chi connectivity index (χ0n) is 16.4. The summed E-state index contributed by atoms with van der Waals surface area (Å²) < 4.78 is 1.91. The molecule has 0 unspecified atom stereocenters. The second-order valence-electron chi connectivity index (χ2n) is 7.51. The summed E-state index contributed by atoms with van der Waals surface area (Å²) in [6.07, 6.45) is 3.82. The van der Waals surface area contributed by atoms with Gasteiger partial charge in [0.15, 0.2) is 5.54 Å². The lowest BCUT2D eigenvalue weighted by atomic mass is 9.82. The first-order chi connectivity index (χ1) is 14.6. The average molecular weight is 396 g/mol. The van der Waals surface area contributed by atoms with Crippen molar-refractivity contribution in [1.29, 1.82) is 0 Å². The van der Waals surface area contributed by atoms with Crippen molar-refractivity contribution in [2.75, 3.05) is 0 Å². The molecule has 3 heterocycles. The molecule has 2 aromatic heterocycles. The molecular formula is C24H20N4O2. The van der Waals surface area contributed by atoms with E-state index in [0.717, 1.165) is 22.3 Å². The van der Waals surface area contributed by atoms with Crippen molar-refractivity contribution in [3.63, 3.8) is 0 Å². The summed E-state index contributed by atoms with van der Waals surface area (Å²) in [7, 11) is 0. The monoisotopic (exact) mass is 396 g/mol. The van der Waals surface area contributed by atoms with Crippen molar-refractivity contribution >= 4 is 17.6 Å². The Morgan fingerprint density at radius 2 is 1.50 bits per heavy atom. The molecule has 6 heteroatoms. The van der Waals surface area contributed by atoms with Crippen LogP contribution >= 0.6 is 0 Å². The number of carbonyl (C=O) groups excluding carboxylic acids is 2. The lowest BCUT2D eigenvalue weighted by Crippen LogP contribution is -2.45. The number of hydrogen-bond acceptors (Lipinski definition) is 3. The molecule has 0 saturated carbocycles. The molecule has 1 saturated heterocycles. The van der Waals surface area contributed by atoms with Gasteiger partial charge in [0.25, 0.3) is 5.91 Å². The van der Waals surface area contributed by atoms with Crippen LogP contribution in [0.3, 0.4) is 0 Å². The summed E-state index contributed by atoms with van der Waals surface area (Å²) in [6.45, 7) is 2.11. The van der Waals surface area contributed by atoms with E-state index in [2.05, 4.69) is 10.3 Å². The van der Waals surface area contributed by atoms with Gasteiger partial charge in [0.2, 0.25) is 0 Å². The van der Waals surface area contributed by atoms with Gasteiger partial charge in [-0.05, 0) is 29.7 Å². The Kier molecular flexibility index (Phi) is 4.13. The fraction of sp³-hybridized carbons (Fsp3) is 0.125. The van der Waals surface area contributed by atoms with Gasteiger partial charge in [-0.15, -0.1) is 0 Å². The van der Waals surface area contributed by atoms with E-state index in [1.54, 1.807) is 0 Å². The molecule has 2 aromatic carbocycles. The maximum atomic E-state index is 13.7. The minimum atomic E-state index is -1.25. The highest BCUT2D eigenvalue weighted by Gasteiger charge is 2.53. The number of nitrogens with one attached hydrogen (secondary N) is 1. The van der Waals surface area contributed by atoms with E-state index in [1.807, 2.05) is 96.5 Å². The highest BCUT2D eigenvalue weighted by molar-refractivity contribution is 6.09. The van der Waals surface area contributed by atoms with E-state index in [0.29, 0.717) is 5.69 Å². The molecule has 3 amide bonds. The van der Waals surface area contributed by atoms with E-state index in [9.17, 15) is 9.59 Å². The Hall–Kier alpha value is -3.93. The first-order valence-electron chi connectivity index (χ1n) is 9.77. The Labute approximate surface area is 173 Å². The van der Waals surface area contributed by atoms with Gasteiger partial charge in [-0.25, -0.2) is 9.78 Å². The Morgan fingerprint density at radius 3 is 2.13 bits per heavy atom. The van der Waals surface area contributed by atoms with Crippen LogP contribution < -0.4 is 5.32 Å². The lowest BCUT2D eigenvalue weighted by molar-refractivity contribution is -0.130. The highest BCUT2D eigenvalue weighted by atomic mass is 16.2. The van der Waals surface area contributed by atoms with Gasteiger partial charge < -0.3 is 9.72 Å². The molecule has 0 radical (unpaired) electrons. The van der Waals surface area contributed by atoms with Crippen LogP contribution in [0.4, 0.5) is 4.79 Å². The molecule has 0 bridgehead atoms. The molecular weight excluding hydrogens is 376 g/mol. The Morgan fingerprint density at radius 1 is 0.867 bits per heavy atom. The van der Waals surface area contributed by atoms with Gasteiger partial charge in [-0.3, -0.25) is 9.69 Å². The lowest BCUT2D eigenvalue weighted by Gasteiger charge is -2.27. The zero-order valence-corrected chi connectivity index (χ0v) is 16.4. The standard InChI is InChI=1S/C24H20N4O2/c1-17-12-13-21-25-20(15-27(21)14-17)16-28-22(29)24(26-23(28)30,18-8-4-2-5-9-18)19-10-6-3-7-11-19/h2-15H,16H2,1H3,(H,26,30). The number of urea groups is 1. The SMILES string of the molecule is Cc1ccc2nc(CN3C(=O)NC(c4ccccc4)(c4ccccc4)C3=O)cn2c1. The summed E-state index contributed by atoms with van der Waals surface area (Å²) in [5, 5.41) is 2.97. The number of pyridine rings is 1. The first-order valence-corrected chi connectivity index (χ1v) is 9.77. The molecule has 1 aliphatic rings. The van der Waals surface area contributed by atoms with E-state index in [-0.39, 0.29) is 12.5 Å².